The number of benzene rings is 1. The van der Waals surface area contributed by atoms with Crippen LogP contribution in [-0.4, -0.2) is 46.9 Å². The molecule has 8 heteroatoms. The van der Waals surface area contributed by atoms with Crippen molar-refractivity contribution in [3.8, 4) is 5.88 Å². The van der Waals surface area contributed by atoms with Crippen molar-refractivity contribution in [2.24, 2.45) is 4.36 Å². The monoisotopic (exact) mass is 334 g/mol. The second kappa shape index (κ2) is 5.69. The van der Waals surface area contributed by atoms with Gasteiger partial charge in [0.1, 0.15) is 6.61 Å². The van der Waals surface area contributed by atoms with E-state index < -0.39 is 15.6 Å². The van der Waals surface area contributed by atoms with Crippen LogP contribution in [0, 0.1) is 0 Å². The number of nitrogens with zero attached hydrogens (tertiary/aromatic N) is 4. The molecule has 1 aliphatic heterocycles. The van der Waals surface area contributed by atoms with Crippen LogP contribution in [0.15, 0.2) is 39.6 Å². The number of fused-ring (bicyclic) bond motifs is 1. The van der Waals surface area contributed by atoms with Gasteiger partial charge in [-0.3, -0.25) is 4.79 Å². The minimum atomic E-state index is -2.83. The summed E-state index contributed by atoms with van der Waals surface area (Å²) in [7, 11) is 1.02. The number of carbonyl (C=O) groups is 1. The van der Waals surface area contributed by atoms with E-state index >= 15 is 0 Å². The zero-order valence-corrected chi connectivity index (χ0v) is 14.0. The summed E-state index contributed by atoms with van der Waals surface area (Å²) in [5.41, 5.74) is 1.14. The van der Waals surface area contributed by atoms with Crippen molar-refractivity contribution in [1.82, 2.24) is 9.78 Å². The lowest BCUT2D eigenvalue weighted by Gasteiger charge is -2.12. The van der Waals surface area contributed by atoms with Crippen molar-refractivity contribution in [3.05, 3.63) is 36.0 Å². The number of rotatable bonds is 3. The lowest BCUT2D eigenvalue weighted by atomic mass is 10.3. The van der Waals surface area contributed by atoms with E-state index in [1.54, 1.807) is 16.8 Å². The van der Waals surface area contributed by atoms with Gasteiger partial charge in [-0.15, -0.1) is 0 Å². The van der Waals surface area contributed by atoms with Gasteiger partial charge < -0.3 is 9.64 Å². The van der Waals surface area contributed by atoms with Crippen molar-refractivity contribution >= 4 is 21.3 Å². The summed E-state index contributed by atoms with van der Waals surface area (Å²) in [6.45, 7) is 1.16. The first-order valence-electron chi connectivity index (χ1n) is 7.11. The minimum Gasteiger partial charge on any atom is -0.476 e. The number of carbonyl (C=O) groups excluding carboxylic acids is 1. The number of hydrogen-bond acceptors (Lipinski definition) is 5. The maximum absolute atomic E-state index is 12.8. The number of anilines is 1. The highest BCUT2D eigenvalue weighted by atomic mass is 32.2. The normalized spacial score (nSPS) is 15.4. The van der Waals surface area contributed by atoms with Crippen LogP contribution in [0.2, 0.25) is 0 Å². The standard InChI is InChI=1S/C15H18N4O3S/c1-18(2)11-4-6-12(7-5-11)23(3,21)17-15(20)13-10-14-19(16-13)8-9-22-14/h4-7,10H,8-9H2,1-3H3. The van der Waals surface area contributed by atoms with E-state index in [9.17, 15) is 9.00 Å². The molecule has 1 aliphatic rings. The van der Waals surface area contributed by atoms with Gasteiger partial charge in [0.2, 0.25) is 5.88 Å². The Kier molecular flexibility index (Phi) is 3.85. The Morgan fingerprint density at radius 1 is 1.35 bits per heavy atom. The fourth-order valence-electron chi connectivity index (χ4n) is 2.27. The molecule has 1 aromatic carbocycles. The lowest BCUT2D eigenvalue weighted by molar-refractivity contribution is 0.0999. The Bertz CT molecular complexity index is 840. The van der Waals surface area contributed by atoms with Crippen molar-refractivity contribution in [1.29, 1.82) is 0 Å². The van der Waals surface area contributed by atoms with Crippen LogP contribution < -0.4 is 9.64 Å². The third kappa shape index (κ3) is 3.07. The Balaban J connectivity index is 1.89. The van der Waals surface area contributed by atoms with Gasteiger partial charge in [-0.25, -0.2) is 8.89 Å². The molecule has 7 nitrogen and oxygen atoms in total. The quantitative estimate of drug-likeness (QED) is 0.853. The topological polar surface area (TPSA) is 76.8 Å². The SMILES string of the molecule is CN(C)c1ccc(S(C)(=O)=NC(=O)c2cc3n(n2)CCO3)cc1. The van der Waals surface area contributed by atoms with E-state index in [0.717, 1.165) is 5.69 Å². The van der Waals surface area contributed by atoms with Gasteiger partial charge in [0.15, 0.2) is 5.69 Å². The summed E-state index contributed by atoms with van der Waals surface area (Å²) in [5.74, 6) is -0.0545. The highest BCUT2D eigenvalue weighted by Crippen LogP contribution is 2.21. The van der Waals surface area contributed by atoms with Gasteiger partial charge in [0.05, 0.1) is 16.3 Å². The highest BCUT2D eigenvalue weighted by molar-refractivity contribution is 7.93. The first-order chi connectivity index (χ1) is 10.9. The van der Waals surface area contributed by atoms with Crippen LogP contribution in [0.25, 0.3) is 0 Å². The molecule has 1 amide bonds. The van der Waals surface area contributed by atoms with Crippen molar-refractivity contribution in [3.63, 3.8) is 0 Å². The van der Waals surface area contributed by atoms with E-state index in [1.165, 1.54) is 12.3 Å². The average molecular weight is 334 g/mol. The van der Waals surface area contributed by atoms with Crippen LogP contribution >= 0.6 is 0 Å². The average Bonchev–Trinajstić information content (AvgIpc) is 3.08. The van der Waals surface area contributed by atoms with E-state index in [2.05, 4.69) is 9.46 Å². The number of amides is 1. The van der Waals surface area contributed by atoms with Crippen LogP contribution in [0.4, 0.5) is 5.69 Å². The first kappa shape index (κ1) is 15.5. The molecular weight excluding hydrogens is 316 g/mol. The third-order valence-electron chi connectivity index (χ3n) is 3.56. The molecule has 1 aromatic heterocycles. The predicted octanol–water partition coefficient (Wildman–Crippen LogP) is 1.64. The van der Waals surface area contributed by atoms with Crippen molar-refractivity contribution in [2.45, 2.75) is 11.4 Å². The molecule has 0 bridgehead atoms. The maximum Gasteiger partial charge on any atom is 0.305 e. The van der Waals surface area contributed by atoms with Gasteiger partial charge in [0.25, 0.3) is 0 Å². The lowest BCUT2D eigenvalue weighted by Crippen LogP contribution is -2.09. The summed E-state index contributed by atoms with van der Waals surface area (Å²) in [6.07, 6.45) is 1.45. The van der Waals surface area contributed by atoms with Crippen LogP contribution in [0.5, 0.6) is 5.88 Å². The second-order valence-electron chi connectivity index (χ2n) is 5.53. The number of aromatic nitrogens is 2. The largest absolute Gasteiger partial charge is 0.476 e. The summed E-state index contributed by atoms with van der Waals surface area (Å²) in [4.78, 5) is 14.7. The first-order valence-corrected chi connectivity index (χ1v) is 9.04. The summed E-state index contributed by atoms with van der Waals surface area (Å²) >= 11 is 0. The molecule has 23 heavy (non-hydrogen) atoms. The van der Waals surface area contributed by atoms with Gasteiger partial charge in [-0.2, -0.15) is 9.46 Å². The molecule has 0 saturated carbocycles. The Morgan fingerprint density at radius 2 is 2.04 bits per heavy atom. The predicted molar refractivity (Wildman–Crippen MR) is 87.6 cm³/mol. The molecule has 0 aliphatic carbocycles. The Hall–Kier alpha value is -2.35. The molecule has 1 unspecified atom stereocenters. The highest BCUT2D eigenvalue weighted by Gasteiger charge is 2.20. The molecule has 2 aromatic rings. The van der Waals surface area contributed by atoms with Crippen LogP contribution in [0.3, 0.4) is 0 Å². The molecule has 0 saturated heterocycles. The van der Waals surface area contributed by atoms with Gasteiger partial charge in [-0.1, -0.05) is 0 Å². The van der Waals surface area contributed by atoms with Crippen LogP contribution in [0.1, 0.15) is 10.5 Å². The van der Waals surface area contributed by atoms with E-state index in [-0.39, 0.29) is 5.69 Å². The van der Waals surface area contributed by atoms with Gasteiger partial charge in [0, 0.05) is 37.0 Å². The maximum atomic E-state index is 12.8. The summed E-state index contributed by atoms with van der Waals surface area (Å²) in [5, 5.41) is 4.12. The van der Waals surface area contributed by atoms with Crippen LogP contribution in [-0.2, 0) is 16.3 Å². The molecular formula is C15H18N4O3S. The molecule has 2 heterocycles. The number of ether oxygens (including phenoxy) is 1. The zero-order chi connectivity index (χ0) is 16.6. The van der Waals surface area contributed by atoms with E-state index in [4.69, 9.17) is 4.74 Å². The van der Waals surface area contributed by atoms with E-state index in [1.807, 2.05) is 31.1 Å². The minimum absolute atomic E-state index is 0.152. The fraction of sp³-hybridized carbons (Fsp3) is 0.333. The van der Waals surface area contributed by atoms with Gasteiger partial charge >= 0.3 is 5.91 Å². The summed E-state index contributed by atoms with van der Waals surface area (Å²) in [6, 6.07) is 8.67. The number of hydrogen-bond donors (Lipinski definition) is 0. The fourth-order valence-corrected chi connectivity index (χ4v) is 3.43. The molecule has 0 radical (unpaired) electrons. The summed E-state index contributed by atoms with van der Waals surface area (Å²) < 4.78 is 23.6. The Morgan fingerprint density at radius 3 is 2.65 bits per heavy atom. The molecule has 0 spiro atoms. The molecule has 0 N–H and O–H groups in total. The Labute approximate surface area is 135 Å². The zero-order valence-electron chi connectivity index (χ0n) is 13.2. The second-order valence-corrected chi connectivity index (χ2v) is 7.79. The molecule has 1 atom stereocenters. The molecule has 0 fully saturated rings. The molecule has 3 rings (SSSR count). The third-order valence-corrected chi connectivity index (χ3v) is 5.22. The smallest absolute Gasteiger partial charge is 0.305 e. The van der Waals surface area contributed by atoms with Gasteiger partial charge in [-0.05, 0) is 24.3 Å². The van der Waals surface area contributed by atoms with E-state index in [0.29, 0.717) is 23.9 Å². The van der Waals surface area contributed by atoms with Crippen molar-refractivity contribution < 1.29 is 13.7 Å². The van der Waals surface area contributed by atoms with Crippen molar-refractivity contribution in [2.75, 3.05) is 31.9 Å². The molecule has 122 valence electrons.